The van der Waals surface area contributed by atoms with E-state index < -0.39 is 0 Å². The van der Waals surface area contributed by atoms with Gasteiger partial charge in [-0.15, -0.1) is 0 Å². The lowest BCUT2D eigenvalue weighted by Crippen LogP contribution is -2.45. The van der Waals surface area contributed by atoms with Crippen LogP contribution in [0.4, 0.5) is 5.69 Å². The number of imidazole rings is 1. The number of piperidine rings is 1. The Labute approximate surface area is 225 Å². The van der Waals surface area contributed by atoms with Gasteiger partial charge in [-0.2, -0.15) is 0 Å². The maximum absolute atomic E-state index is 6.08. The first-order chi connectivity index (χ1) is 18.1. The van der Waals surface area contributed by atoms with E-state index in [1.165, 1.54) is 18.4 Å². The van der Waals surface area contributed by atoms with Gasteiger partial charge in [-0.25, -0.2) is 4.98 Å². The van der Waals surface area contributed by atoms with Crippen molar-refractivity contribution < 1.29 is 0 Å². The van der Waals surface area contributed by atoms with Crippen LogP contribution in [0.2, 0.25) is 5.02 Å². The Balaban J connectivity index is 1.18. The number of hydrogen-bond donors (Lipinski definition) is 2. The lowest BCUT2D eigenvalue weighted by molar-refractivity contribution is 0.0942. The first kappa shape index (κ1) is 27.0. The van der Waals surface area contributed by atoms with Gasteiger partial charge < -0.3 is 15.2 Å². The van der Waals surface area contributed by atoms with E-state index in [-0.39, 0.29) is 0 Å². The highest BCUT2D eigenvalue weighted by Crippen LogP contribution is 2.23. The molecule has 37 heavy (non-hydrogen) atoms. The van der Waals surface area contributed by atoms with Crippen LogP contribution in [0.5, 0.6) is 0 Å². The van der Waals surface area contributed by atoms with Crippen molar-refractivity contribution in [1.29, 1.82) is 0 Å². The Morgan fingerprint density at radius 3 is 2.76 bits per heavy atom. The number of rotatable bonds is 12. The largest absolute Gasteiger partial charge is 0.388 e. The molecule has 3 aromatic rings. The molecule has 0 saturated carbocycles. The van der Waals surface area contributed by atoms with Crippen LogP contribution in [-0.2, 0) is 13.1 Å². The predicted molar refractivity (Wildman–Crippen MR) is 152 cm³/mol. The quantitative estimate of drug-likeness (QED) is 0.243. The second kappa shape index (κ2) is 14.1. The summed E-state index contributed by atoms with van der Waals surface area (Å²) in [6.07, 6.45) is 14.8. The molecule has 1 aliphatic rings. The number of hydrogen-bond acceptors (Lipinski definition) is 6. The second-order valence-electron chi connectivity index (χ2n) is 9.71. The summed E-state index contributed by atoms with van der Waals surface area (Å²) in [7, 11) is 0. The van der Waals surface area contributed by atoms with E-state index in [2.05, 4.69) is 54.1 Å². The Bertz CT molecular complexity index is 1140. The highest BCUT2D eigenvalue weighted by molar-refractivity contribution is 6.30. The molecule has 2 N–H and O–H groups in total. The lowest BCUT2D eigenvalue weighted by Gasteiger charge is -2.38. The van der Waals surface area contributed by atoms with Gasteiger partial charge in [-0.05, 0) is 94.2 Å². The SMILES string of the molecule is C/C(=C\C=Nc1cc(Cl)ccc1C)NCCCN1CCC(N(Cc2ccncc2)Cc2ncc[nH]2)CC1. The zero-order chi connectivity index (χ0) is 25.9. The minimum absolute atomic E-state index is 0.556. The monoisotopic (exact) mass is 519 g/mol. The predicted octanol–water partition coefficient (Wildman–Crippen LogP) is 5.52. The number of nitrogens with one attached hydrogen (secondary N) is 2. The molecule has 1 saturated heterocycles. The molecule has 4 rings (SSSR count). The van der Waals surface area contributed by atoms with Crippen molar-refractivity contribution in [2.45, 2.75) is 52.2 Å². The number of benzene rings is 1. The summed E-state index contributed by atoms with van der Waals surface area (Å²) in [5, 5.41) is 4.21. The number of likely N-dealkylation sites (tertiary alicyclic amines) is 1. The van der Waals surface area contributed by atoms with E-state index in [0.717, 1.165) is 68.5 Å². The number of H-pyrrole nitrogens is 1. The molecule has 8 heteroatoms. The van der Waals surface area contributed by atoms with E-state index in [9.17, 15) is 0 Å². The van der Waals surface area contributed by atoms with Gasteiger partial charge in [0.1, 0.15) is 5.82 Å². The summed E-state index contributed by atoms with van der Waals surface area (Å²) in [6, 6.07) is 10.5. The summed E-state index contributed by atoms with van der Waals surface area (Å²) in [5.41, 5.74) is 4.44. The van der Waals surface area contributed by atoms with Crippen molar-refractivity contribution in [3.05, 3.63) is 88.9 Å². The molecule has 196 valence electrons. The molecule has 0 radical (unpaired) electrons. The van der Waals surface area contributed by atoms with Crippen LogP contribution in [0.25, 0.3) is 0 Å². The van der Waals surface area contributed by atoms with Gasteiger partial charge in [0.15, 0.2) is 0 Å². The first-order valence-corrected chi connectivity index (χ1v) is 13.5. The highest BCUT2D eigenvalue weighted by atomic mass is 35.5. The van der Waals surface area contributed by atoms with Crippen molar-refractivity contribution in [2.75, 3.05) is 26.2 Å². The van der Waals surface area contributed by atoms with Gasteiger partial charge in [0.05, 0.1) is 12.2 Å². The molecule has 1 aliphatic heterocycles. The summed E-state index contributed by atoms with van der Waals surface area (Å²) in [6.45, 7) is 10.2. The minimum Gasteiger partial charge on any atom is -0.388 e. The zero-order valence-electron chi connectivity index (χ0n) is 21.9. The minimum atomic E-state index is 0.556. The molecule has 0 unspecified atom stereocenters. The molecule has 0 aliphatic carbocycles. The molecule has 1 fully saturated rings. The Morgan fingerprint density at radius 2 is 2.00 bits per heavy atom. The van der Waals surface area contributed by atoms with Crippen LogP contribution in [0.15, 0.2) is 71.9 Å². The fourth-order valence-electron chi connectivity index (χ4n) is 4.72. The number of allylic oxidation sites excluding steroid dienone is 2. The van der Waals surface area contributed by atoms with Crippen molar-refractivity contribution >= 4 is 23.5 Å². The third-order valence-electron chi connectivity index (χ3n) is 6.88. The summed E-state index contributed by atoms with van der Waals surface area (Å²) < 4.78 is 0. The summed E-state index contributed by atoms with van der Waals surface area (Å²) >= 11 is 6.08. The van der Waals surface area contributed by atoms with E-state index in [1.807, 2.05) is 62.2 Å². The normalized spacial score (nSPS) is 15.6. The Kier molecular flexibility index (Phi) is 10.3. The lowest BCUT2D eigenvalue weighted by atomic mass is 10.0. The number of aryl methyl sites for hydroxylation is 1. The molecular weight excluding hydrogens is 482 g/mol. The van der Waals surface area contributed by atoms with Gasteiger partial charge in [0.2, 0.25) is 0 Å². The van der Waals surface area contributed by atoms with Crippen LogP contribution in [0, 0.1) is 6.92 Å². The van der Waals surface area contributed by atoms with Crippen molar-refractivity contribution in [1.82, 2.24) is 30.1 Å². The second-order valence-corrected chi connectivity index (χ2v) is 10.1. The molecule has 0 atom stereocenters. The first-order valence-electron chi connectivity index (χ1n) is 13.1. The average Bonchev–Trinajstić information content (AvgIpc) is 3.42. The number of pyridine rings is 1. The molecule has 0 spiro atoms. The smallest absolute Gasteiger partial charge is 0.120 e. The fourth-order valence-corrected chi connectivity index (χ4v) is 4.89. The van der Waals surface area contributed by atoms with E-state index in [1.54, 1.807) is 0 Å². The molecule has 0 amide bonds. The van der Waals surface area contributed by atoms with E-state index in [0.29, 0.717) is 11.1 Å². The van der Waals surface area contributed by atoms with Crippen LogP contribution < -0.4 is 5.32 Å². The number of aromatic nitrogens is 3. The van der Waals surface area contributed by atoms with E-state index >= 15 is 0 Å². The average molecular weight is 520 g/mol. The maximum Gasteiger partial charge on any atom is 0.120 e. The third kappa shape index (κ3) is 8.81. The molecule has 1 aromatic carbocycles. The van der Waals surface area contributed by atoms with Crippen LogP contribution in [-0.4, -0.2) is 63.2 Å². The number of aliphatic imine (C=N–C) groups is 1. The standard InChI is InChI=1S/C29H38ClN7/c1-23-4-5-26(30)20-28(23)33-14-6-24(2)32-11-3-17-36-18-9-27(10-19-36)37(22-29-34-15-16-35-29)21-25-7-12-31-13-8-25/h4-8,12-16,20,27,32H,3,9-11,17-19,21-22H2,1-2H3,(H,34,35)/b24-6+,33-14?. The number of aromatic amines is 1. The molecule has 7 nitrogen and oxygen atoms in total. The van der Waals surface area contributed by atoms with Crippen LogP contribution >= 0.6 is 11.6 Å². The topological polar surface area (TPSA) is 72.4 Å². The summed E-state index contributed by atoms with van der Waals surface area (Å²) in [5.74, 6) is 1.03. The zero-order valence-corrected chi connectivity index (χ0v) is 22.7. The maximum atomic E-state index is 6.08. The van der Waals surface area contributed by atoms with Crippen molar-refractivity contribution in [3.63, 3.8) is 0 Å². The molecule has 3 heterocycles. The van der Waals surface area contributed by atoms with Crippen molar-refractivity contribution in [3.8, 4) is 0 Å². The van der Waals surface area contributed by atoms with Gasteiger partial charge in [0, 0.05) is 60.9 Å². The Morgan fingerprint density at radius 1 is 1.19 bits per heavy atom. The molecule has 0 bridgehead atoms. The third-order valence-corrected chi connectivity index (χ3v) is 7.12. The fraction of sp³-hybridized carbons (Fsp3) is 0.414. The molecular formula is C29H38ClN7. The van der Waals surface area contributed by atoms with Crippen LogP contribution in [0.3, 0.4) is 0 Å². The summed E-state index contributed by atoms with van der Waals surface area (Å²) in [4.78, 5) is 21.6. The Hall–Kier alpha value is -3.00. The van der Waals surface area contributed by atoms with Crippen LogP contribution in [0.1, 0.15) is 43.1 Å². The van der Waals surface area contributed by atoms with Gasteiger partial charge in [0.25, 0.3) is 0 Å². The van der Waals surface area contributed by atoms with Gasteiger partial charge >= 0.3 is 0 Å². The van der Waals surface area contributed by atoms with Crippen molar-refractivity contribution in [2.24, 2.45) is 4.99 Å². The number of nitrogens with zero attached hydrogens (tertiary/aromatic N) is 5. The molecule has 2 aromatic heterocycles. The highest BCUT2D eigenvalue weighted by Gasteiger charge is 2.25. The number of halogens is 1. The van der Waals surface area contributed by atoms with Gasteiger partial charge in [-0.3, -0.25) is 14.9 Å². The van der Waals surface area contributed by atoms with Gasteiger partial charge in [-0.1, -0.05) is 17.7 Å². The van der Waals surface area contributed by atoms with E-state index in [4.69, 9.17) is 11.6 Å².